The summed E-state index contributed by atoms with van der Waals surface area (Å²) in [6, 6.07) is 10.6. The van der Waals surface area contributed by atoms with Crippen LogP contribution >= 0.6 is 11.6 Å². The van der Waals surface area contributed by atoms with Gasteiger partial charge < -0.3 is 19.0 Å². The Labute approximate surface area is 165 Å². The van der Waals surface area contributed by atoms with Gasteiger partial charge in [-0.15, -0.1) is 0 Å². The maximum Gasteiger partial charge on any atom is 0.255 e. The number of nitrogens with one attached hydrogen (secondary N) is 1. The lowest BCUT2D eigenvalue weighted by molar-refractivity contribution is 0.0945. The molecule has 0 radical (unpaired) electrons. The van der Waals surface area contributed by atoms with Crippen LogP contribution in [0.1, 0.15) is 27.8 Å². The molecular formula is C19H16ClN5O3. The van der Waals surface area contributed by atoms with Crippen LogP contribution in [-0.4, -0.2) is 25.4 Å². The molecule has 0 saturated heterocycles. The van der Waals surface area contributed by atoms with E-state index in [1.807, 2.05) is 16.7 Å². The van der Waals surface area contributed by atoms with Crippen LogP contribution < -0.4 is 10.1 Å². The van der Waals surface area contributed by atoms with Crippen LogP contribution in [0.4, 0.5) is 0 Å². The van der Waals surface area contributed by atoms with Gasteiger partial charge in [0.05, 0.1) is 22.8 Å². The van der Waals surface area contributed by atoms with Gasteiger partial charge in [-0.1, -0.05) is 28.9 Å². The van der Waals surface area contributed by atoms with Crippen LogP contribution in [0.25, 0.3) is 5.65 Å². The van der Waals surface area contributed by atoms with Crippen molar-refractivity contribution >= 4 is 23.2 Å². The van der Waals surface area contributed by atoms with Gasteiger partial charge in [0.2, 0.25) is 11.7 Å². The normalized spacial score (nSPS) is 10.9. The van der Waals surface area contributed by atoms with Gasteiger partial charge in [-0.25, -0.2) is 4.98 Å². The Bertz CT molecular complexity index is 1140. The first-order chi connectivity index (χ1) is 13.6. The van der Waals surface area contributed by atoms with Crippen LogP contribution in [-0.2, 0) is 13.2 Å². The monoisotopic (exact) mass is 397 g/mol. The van der Waals surface area contributed by atoms with E-state index in [1.165, 1.54) is 0 Å². The number of aromatic nitrogens is 4. The molecule has 4 aromatic rings. The summed E-state index contributed by atoms with van der Waals surface area (Å²) < 4.78 is 12.4. The highest BCUT2D eigenvalue weighted by Crippen LogP contribution is 2.19. The van der Waals surface area contributed by atoms with Crippen molar-refractivity contribution in [1.29, 1.82) is 0 Å². The molecule has 9 heteroatoms. The molecule has 0 fully saturated rings. The average molecular weight is 398 g/mol. The molecule has 1 N–H and O–H groups in total. The van der Waals surface area contributed by atoms with E-state index in [4.69, 9.17) is 20.9 Å². The fourth-order valence-corrected chi connectivity index (χ4v) is 2.86. The number of para-hydroxylation sites is 1. The molecule has 0 bridgehead atoms. The largest absolute Gasteiger partial charge is 0.485 e. The van der Waals surface area contributed by atoms with Crippen molar-refractivity contribution in [2.45, 2.75) is 20.1 Å². The predicted octanol–water partition coefficient (Wildman–Crippen LogP) is 3.19. The van der Waals surface area contributed by atoms with Gasteiger partial charge in [-0.2, -0.15) is 4.98 Å². The van der Waals surface area contributed by atoms with E-state index in [0.717, 1.165) is 11.3 Å². The van der Waals surface area contributed by atoms with Crippen molar-refractivity contribution in [2.75, 3.05) is 0 Å². The van der Waals surface area contributed by atoms with Crippen LogP contribution in [0.5, 0.6) is 5.75 Å². The first kappa shape index (κ1) is 18.0. The van der Waals surface area contributed by atoms with E-state index in [2.05, 4.69) is 20.4 Å². The highest BCUT2D eigenvalue weighted by Gasteiger charge is 2.14. The number of hydrogen-bond donors (Lipinski definition) is 1. The van der Waals surface area contributed by atoms with Crippen molar-refractivity contribution in [3.8, 4) is 5.75 Å². The van der Waals surface area contributed by atoms with Crippen molar-refractivity contribution < 1.29 is 14.1 Å². The van der Waals surface area contributed by atoms with E-state index < -0.39 is 0 Å². The van der Waals surface area contributed by atoms with Gasteiger partial charge in [0, 0.05) is 19.3 Å². The number of pyridine rings is 1. The zero-order chi connectivity index (χ0) is 19.5. The Hall–Kier alpha value is -3.39. The fraction of sp³-hybridized carbons (Fsp3) is 0.158. The molecule has 3 heterocycles. The summed E-state index contributed by atoms with van der Waals surface area (Å²) in [7, 11) is 0. The lowest BCUT2D eigenvalue weighted by atomic mass is 10.2. The molecule has 0 spiro atoms. The Balaban J connectivity index is 1.43. The quantitative estimate of drug-likeness (QED) is 0.537. The van der Waals surface area contributed by atoms with Crippen molar-refractivity contribution in [3.63, 3.8) is 0 Å². The third kappa shape index (κ3) is 3.96. The van der Waals surface area contributed by atoms with Crippen molar-refractivity contribution in [1.82, 2.24) is 24.8 Å². The highest BCUT2D eigenvalue weighted by molar-refractivity contribution is 6.30. The van der Waals surface area contributed by atoms with E-state index in [9.17, 15) is 4.79 Å². The number of aryl methyl sites for hydroxylation is 1. The number of hydrogen-bond acceptors (Lipinski definition) is 6. The van der Waals surface area contributed by atoms with E-state index in [-0.39, 0.29) is 19.1 Å². The molecule has 0 aliphatic heterocycles. The SMILES string of the molecule is Cc1nc(COc2ccccc2C(=O)NCc2cn3cc(Cl)ccc3n2)no1. The van der Waals surface area contributed by atoms with Gasteiger partial charge in [0.1, 0.15) is 11.4 Å². The Morgan fingerprint density at radius 1 is 1.21 bits per heavy atom. The summed E-state index contributed by atoms with van der Waals surface area (Å²) in [5.74, 6) is 1.04. The van der Waals surface area contributed by atoms with Crippen molar-refractivity contribution in [2.24, 2.45) is 0 Å². The molecule has 0 unspecified atom stereocenters. The maximum atomic E-state index is 12.6. The van der Waals surface area contributed by atoms with Crippen LogP contribution in [0.2, 0.25) is 5.02 Å². The first-order valence-corrected chi connectivity index (χ1v) is 8.88. The van der Waals surface area contributed by atoms with Gasteiger partial charge >= 0.3 is 0 Å². The molecule has 0 aliphatic carbocycles. The Morgan fingerprint density at radius 3 is 2.89 bits per heavy atom. The van der Waals surface area contributed by atoms with E-state index >= 15 is 0 Å². The molecule has 142 valence electrons. The number of amides is 1. The maximum absolute atomic E-state index is 12.6. The number of halogens is 1. The summed E-state index contributed by atoms with van der Waals surface area (Å²) in [5.41, 5.74) is 1.89. The number of nitrogens with zero attached hydrogens (tertiary/aromatic N) is 4. The molecule has 1 aromatic carbocycles. The average Bonchev–Trinajstić information content (AvgIpc) is 3.29. The second-order valence-corrected chi connectivity index (χ2v) is 6.48. The number of carbonyl (C=O) groups is 1. The second kappa shape index (κ2) is 7.69. The van der Waals surface area contributed by atoms with Crippen LogP contribution in [0.15, 0.2) is 53.3 Å². The molecule has 0 aliphatic rings. The third-order valence-electron chi connectivity index (χ3n) is 3.95. The first-order valence-electron chi connectivity index (χ1n) is 8.51. The fourth-order valence-electron chi connectivity index (χ4n) is 2.69. The number of ether oxygens (including phenoxy) is 1. The smallest absolute Gasteiger partial charge is 0.255 e. The molecule has 3 aromatic heterocycles. The van der Waals surface area contributed by atoms with Gasteiger partial charge in [-0.05, 0) is 24.3 Å². The highest BCUT2D eigenvalue weighted by atomic mass is 35.5. The summed E-state index contributed by atoms with van der Waals surface area (Å²) in [5, 5.41) is 7.25. The van der Waals surface area contributed by atoms with Crippen molar-refractivity contribution in [3.05, 3.63) is 76.8 Å². The third-order valence-corrected chi connectivity index (χ3v) is 4.18. The molecular weight excluding hydrogens is 382 g/mol. The summed E-state index contributed by atoms with van der Waals surface area (Å²) >= 11 is 5.98. The lowest BCUT2D eigenvalue weighted by Gasteiger charge is -2.10. The summed E-state index contributed by atoms with van der Waals surface area (Å²) in [4.78, 5) is 21.2. The van der Waals surface area contributed by atoms with Crippen LogP contribution in [0.3, 0.4) is 0 Å². The van der Waals surface area contributed by atoms with Crippen LogP contribution in [0, 0.1) is 6.92 Å². The molecule has 4 rings (SSSR count). The number of rotatable bonds is 6. The minimum atomic E-state index is -0.269. The Kier molecular flexibility index (Phi) is 4.94. The number of imidazole rings is 1. The lowest BCUT2D eigenvalue weighted by Crippen LogP contribution is -2.23. The predicted molar refractivity (Wildman–Crippen MR) is 101 cm³/mol. The molecule has 1 amide bonds. The molecule has 8 nitrogen and oxygen atoms in total. The van der Waals surface area contributed by atoms with Gasteiger partial charge in [0.15, 0.2) is 6.61 Å². The number of fused-ring (bicyclic) bond motifs is 1. The van der Waals surface area contributed by atoms with E-state index in [1.54, 1.807) is 43.5 Å². The van der Waals surface area contributed by atoms with Gasteiger partial charge in [0.25, 0.3) is 5.91 Å². The second-order valence-electron chi connectivity index (χ2n) is 6.04. The molecule has 28 heavy (non-hydrogen) atoms. The molecule has 0 saturated carbocycles. The van der Waals surface area contributed by atoms with E-state index in [0.29, 0.717) is 28.1 Å². The summed E-state index contributed by atoms with van der Waals surface area (Å²) in [6.45, 7) is 2.08. The topological polar surface area (TPSA) is 94.5 Å². The number of carbonyl (C=O) groups excluding carboxylic acids is 1. The zero-order valence-electron chi connectivity index (χ0n) is 14.9. The van der Waals surface area contributed by atoms with Gasteiger partial charge in [-0.3, -0.25) is 4.79 Å². The minimum Gasteiger partial charge on any atom is -0.485 e. The molecule has 0 atom stereocenters. The standard InChI is InChI=1S/C19H16ClN5O3/c1-12-22-17(24-28-12)11-27-16-5-3-2-4-15(16)19(26)21-8-14-10-25-9-13(20)6-7-18(25)23-14/h2-7,9-10H,8,11H2,1H3,(H,21,26). The number of benzene rings is 1. The Morgan fingerprint density at radius 2 is 2.07 bits per heavy atom. The summed E-state index contributed by atoms with van der Waals surface area (Å²) in [6.07, 6.45) is 3.58. The zero-order valence-corrected chi connectivity index (χ0v) is 15.7. The minimum absolute atomic E-state index is 0.106.